The summed E-state index contributed by atoms with van der Waals surface area (Å²) < 4.78 is 38.3. The van der Waals surface area contributed by atoms with Crippen LogP contribution in [0.5, 0.6) is 5.75 Å². The fourth-order valence-electron chi connectivity index (χ4n) is 3.51. The summed E-state index contributed by atoms with van der Waals surface area (Å²) in [5.41, 5.74) is 0.841. The smallest absolute Gasteiger partial charge is 0.255 e. The van der Waals surface area contributed by atoms with Crippen LogP contribution in [0.2, 0.25) is 5.02 Å². The van der Waals surface area contributed by atoms with E-state index >= 15 is 0 Å². The van der Waals surface area contributed by atoms with E-state index in [1.807, 2.05) is 0 Å². The number of benzene rings is 2. The minimum Gasteiger partial charge on any atom is -0.489 e. The second kappa shape index (κ2) is 9.77. The molecule has 2 aromatic carbocycles. The molecule has 32 heavy (non-hydrogen) atoms. The Morgan fingerprint density at radius 1 is 1.09 bits per heavy atom. The molecule has 0 atom stereocenters. The van der Waals surface area contributed by atoms with Crippen molar-refractivity contribution in [1.29, 1.82) is 0 Å². The van der Waals surface area contributed by atoms with E-state index in [0.717, 1.165) is 25.7 Å². The Kier molecular flexibility index (Phi) is 6.83. The third-order valence-corrected chi connectivity index (χ3v) is 6.94. The van der Waals surface area contributed by atoms with Crippen molar-refractivity contribution >= 4 is 33.2 Å². The van der Waals surface area contributed by atoms with Gasteiger partial charge in [-0.2, -0.15) is 0 Å². The molecule has 1 heterocycles. The van der Waals surface area contributed by atoms with Gasteiger partial charge in [0.25, 0.3) is 5.91 Å². The Hall–Kier alpha value is -2.81. The molecule has 0 radical (unpaired) electrons. The average molecular weight is 475 g/mol. The number of hydrogen-bond acceptors (Lipinski definition) is 5. The third kappa shape index (κ3) is 5.51. The van der Waals surface area contributed by atoms with E-state index in [1.54, 1.807) is 30.3 Å². The quantitative estimate of drug-likeness (QED) is 0.479. The third-order valence-electron chi connectivity index (χ3n) is 5.23. The van der Waals surface area contributed by atoms with Gasteiger partial charge in [-0.1, -0.05) is 11.6 Å². The summed E-state index contributed by atoms with van der Waals surface area (Å²) in [5.74, 6) is 0.731. The SMILES string of the molecule is O=C(Nc1ccc(OC2CCCC2)c(Cl)c1)c1ccc(S(=O)(=O)NCc2ccco2)cc1. The minimum atomic E-state index is -3.73. The van der Waals surface area contributed by atoms with E-state index in [-0.39, 0.29) is 23.5 Å². The van der Waals surface area contributed by atoms with E-state index in [2.05, 4.69) is 10.0 Å². The van der Waals surface area contributed by atoms with Crippen LogP contribution < -0.4 is 14.8 Å². The Bertz CT molecular complexity index is 1170. The molecular formula is C23H23ClN2O5S. The van der Waals surface area contributed by atoms with Crippen LogP contribution in [0.1, 0.15) is 41.8 Å². The average Bonchev–Trinajstić information content (AvgIpc) is 3.49. The zero-order valence-corrected chi connectivity index (χ0v) is 18.8. The Balaban J connectivity index is 1.37. The first-order valence-electron chi connectivity index (χ1n) is 10.3. The minimum absolute atomic E-state index is 0.0405. The van der Waals surface area contributed by atoms with Crippen molar-refractivity contribution < 1.29 is 22.4 Å². The van der Waals surface area contributed by atoms with Crippen molar-refractivity contribution in [3.8, 4) is 5.75 Å². The van der Waals surface area contributed by atoms with Gasteiger partial charge in [0.05, 0.1) is 28.8 Å². The Morgan fingerprint density at radius 2 is 1.84 bits per heavy atom. The molecule has 1 aromatic heterocycles. The Labute approximate surface area is 191 Å². The van der Waals surface area contributed by atoms with Crippen molar-refractivity contribution in [2.24, 2.45) is 0 Å². The number of nitrogens with one attached hydrogen (secondary N) is 2. The number of carbonyl (C=O) groups excluding carboxylic acids is 1. The summed E-state index contributed by atoms with van der Waals surface area (Å²) in [7, 11) is -3.73. The highest BCUT2D eigenvalue weighted by atomic mass is 35.5. The molecule has 168 valence electrons. The van der Waals surface area contributed by atoms with Crippen LogP contribution in [0.25, 0.3) is 0 Å². The van der Waals surface area contributed by atoms with Crippen molar-refractivity contribution in [2.45, 2.75) is 43.2 Å². The molecular weight excluding hydrogens is 452 g/mol. The van der Waals surface area contributed by atoms with Gasteiger partial charge < -0.3 is 14.5 Å². The van der Waals surface area contributed by atoms with E-state index in [1.165, 1.54) is 30.5 Å². The van der Waals surface area contributed by atoms with Gasteiger partial charge in [0.2, 0.25) is 10.0 Å². The fourth-order valence-corrected chi connectivity index (χ4v) is 4.73. The van der Waals surface area contributed by atoms with Crippen LogP contribution in [0.4, 0.5) is 5.69 Å². The largest absolute Gasteiger partial charge is 0.489 e. The zero-order valence-electron chi connectivity index (χ0n) is 17.2. The Morgan fingerprint density at radius 3 is 2.50 bits per heavy atom. The number of hydrogen-bond donors (Lipinski definition) is 2. The molecule has 0 spiro atoms. The van der Waals surface area contributed by atoms with Crippen molar-refractivity contribution in [3.05, 3.63) is 77.2 Å². The molecule has 0 aliphatic heterocycles. The highest BCUT2D eigenvalue weighted by Gasteiger charge is 2.19. The van der Waals surface area contributed by atoms with Gasteiger partial charge in [-0.05, 0) is 80.3 Å². The normalized spacial score (nSPS) is 14.4. The number of rotatable bonds is 8. The molecule has 7 nitrogen and oxygen atoms in total. The predicted molar refractivity (Wildman–Crippen MR) is 121 cm³/mol. The van der Waals surface area contributed by atoms with Crippen molar-refractivity contribution in [2.75, 3.05) is 5.32 Å². The zero-order chi connectivity index (χ0) is 22.6. The fraction of sp³-hybridized carbons (Fsp3) is 0.261. The highest BCUT2D eigenvalue weighted by Crippen LogP contribution is 2.32. The first kappa shape index (κ1) is 22.4. The molecule has 4 rings (SSSR count). The number of anilines is 1. The number of carbonyl (C=O) groups is 1. The van der Waals surface area contributed by atoms with Gasteiger partial charge in [-0.25, -0.2) is 13.1 Å². The molecule has 1 aliphatic carbocycles. The van der Waals surface area contributed by atoms with Crippen molar-refractivity contribution in [1.82, 2.24) is 4.72 Å². The topological polar surface area (TPSA) is 97.6 Å². The molecule has 0 saturated heterocycles. The lowest BCUT2D eigenvalue weighted by Crippen LogP contribution is -2.23. The highest BCUT2D eigenvalue weighted by molar-refractivity contribution is 7.89. The van der Waals surface area contributed by atoms with E-state index in [4.69, 9.17) is 20.8 Å². The number of ether oxygens (including phenoxy) is 1. The van der Waals surface area contributed by atoms with Gasteiger partial charge in [0.15, 0.2) is 0 Å². The van der Waals surface area contributed by atoms with Crippen LogP contribution in [0.15, 0.2) is 70.2 Å². The molecule has 3 aromatic rings. The number of halogens is 1. The lowest BCUT2D eigenvalue weighted by molar-refractivity contribution is 0.102. The maximum atomic E-state index is 12.6. The van der Waals surface area contributed by atoms with Crippen LogP contribution in [0.3, 0.4) is 0 Å². The van der Waals surface area contributed by atoms with Crippen LogP contribution in [-0.4, -0.2) is 20.4 Å². The molecule has 1 aliphatic rings. The summed E-state index contributed by atoms with van der Waals surface area (Å²) in [5, 5.41) is 3.19. The van der Waals surface area contributed by atoms with Gasteiger partial charge >= 0.3 is 0 Å². The summed E-state index contributed by atoms with van der Waals surface area (Å²) in [6.45, 7) is 0.0405. The van der Waals surface area contributed by atoms with Crippen LogP contribution in [0, 0.1) is 0 Å². The standard InChI is InChI=1S/C23H23ClN2O5S/c24-21-14-17(9-12-22(21)31-18-4-1-2-5-18)26-23(27)16-7-10-20(11-8-16)32(28,29)25-15-19-6-3-13-30-19/h3,6-14,18,25H,1-2,4-5,15H2,(H,26,27). The monoisotopic (exact) mass is 474 g/mol. The molecule has 0 bridgehead atoms. The summed E-state index contributed by atoms with van der Waals surface area (Å²) >= 11 is 6.32. The maximum absolute atomic E-state index is 12.6. The number of sulfonamides is 1. The van der Waals surface area contributed by atoms with Gasteiger partial charge in [0.1, 0.15) is 11.5 Å². The summed E-state index contributed by atoms with van der Waals surface area (Å²) in [4.78, 5) is 12.6. The van der Waals surface area contributed by atoms with Crippen LogP contribution >= 0.6 is 11.6 Å². The number of amides is 1. The molecule has 1 fully saturated rings. The summed E-state index contributed by atoms with van der Waals surface area (Å²) in [6.07, 6.45) is 6.04. The molecule has 0 unspecified atom stereocenters. The van der Waals surface area contributed by atoms with Gasteiger partial charge in [-0.15, -0.1) is 0 Å². The lowest BCUT2D eigenvalue weighted by atomic mass is 10.2. The molecule has 9 heteroatoms. The van der Waals surface area contributed by atoms with E-state index in [0.29, 0.717) is 27.8 Å². The number of furan rings is 1. The summed E-state index contributed by atoms with van der Waals surface area (Å²) in [6, 6.07) is 14.1. The molecule has 2 N–H and O–H groups in total. The van der Waals surface area contributed by atoms with E-state index in [9.17, 15) is 13.2 Å². The second-order valence-electron chi connectivity index (χ2n) is 7.55. The van der Waals surface area contributed by atoms with E-state index < -0.39 is 10.0 Å². The first-order valence-corrected chi connectivity index (χ1v) is 12.2. The van der Waals surface area contributed by atoms with Gasteiger partial charge in [-0.3, -0.25) is 4.79 Å². The lowest BCUT2D eigenvalue weighted by Gasteiger charge is -2.15. The molecule has 1 saturated carbocycles. The second-order valence-corrected chi connectivity index (χ2v) is 9.73. The molecule has 1 amide bonds. The van der Waals surface area contributed by atoms with Gasteiger partial charge in [0, 0.05) is 11.3 Å². The first-order chi connectivity index (χ1) is 15.4. The predicted octanol–water partition coefficient (Wildman–Crippen LogP) is 4.99. The van der Waals surface area contributed by atoms with Crippen molar-refractivity contribution in [3.63, 3.8) is 0 Å². The van der Waals surface area contributed by atoms with Crippen LogP contribution in [-0.2, 0) is 16.6 Å². The maximum Gasteiger partial charge on any atom is 0.255 e.